The molecule has 0 unspecified atom stereocenters. The highest BCUT2D eigenvalue weighted by molar-refractivity contribution is 5.69. The quantitative estimate of drug-likeness (QED) is 0.885. The Morgan fingerprint density at radius 2 is 1.72 bits per heavy atom. The van der Waals surface area contributed by atoms with E-state index in [1.54, 1.807) is 0 Å². The Hall–Kier alpha value is -2.09. The van der Waals surface area contributed by atoms with Gasteiger partial charge in [0.2, 0.25) is 0 Å². The molecule has 0 fully saturated rings. The lowest BCUT2D eigenvalue weighted by Gasteiger charge is -2.06. The van der Waals surface area contributed by atoms with Crippen LogP contribution in [-0.4, -0.2) is 11.1 Å². The topological polar surface area (TPSA) is 37.3 Å². The van der Waals surface area contributed by atoms with E-state index in [0.29, 0.717) is 6.42 Å². The molecule has 0 heterocycles. The lowest BCUT2D eigenvalue weighted by atomic mass is 9.99. The second kappa shape index (κ2) is 5.50. The van der Waals surface area contributed by atoms with E-state index >= 15 is 0 Å². The zero-order valence-corrected chi connectivity index (χ0v) is 10.1. The first kappa shape index (κ1) is 12.4. The van der Waals surface area contributed by atoms with Crippen molar-refractivity contribution in [2.75, 3.05) is 0 Å². The molecule has 0 saturated heterocycles. The Balaban J connectivity index is 2.17. The van der Waals surface area contributed by atoms with E-state index in [0.717, 1.165) is 22.3 Å². The number of hydrogen-bond acceptors (Lipinski definition) is 1. The fourth-order valence-electron chi connectivity index (χ4n) is 1.90. The summed E-state index contributed by atoms with van der Waals surface area (Å²) in [7, 11) is 0. The van der Waals surface area contributed by atoms with Crippen LogP contribution in [0.2, 0.25) is 0 Å². The first-order valence-corrected chi connectivity index (χ1v) is 5.89. The van der Waals surface area contributed by atoms with Crippen molar-refractivity contribution in [2.45, 2.75) is 12.8 Å². The van der Waals surface area contributed by atoms with Crippen LogP contribution >= 0.6 is 0 Å². The zero-order valence-electron chi connectivity index (χ0n) is 10.1. The summed E-state index contributed by atoms with van der Waals surface area (Å²) in [6, 6.07) is 16.0. The average molecular weight is 239 g/mol. The van der Waals surface area contributed by atoms with Crippen molar-refractivity contribution in [1.82, 2.24) is 0 Å². The molecule has 0 saturated carbocycles. The minimum Gasteiger partial charge on any atom is -0.481 e. The second-order valence-electron chi connectivity index (χ2n) is 4.25. The molecule has 2 heteroatoms. The van der Waals surface area contributed by atoms with Gasteiger partial charge < -0.3 is 5.11 Å². The molecule has 0 aliphatic rings. The molecule has 0 atom stereocenters. The predicted octanol–water partition coefficient (Wildman–Crippen LogP) is 3.55. The van der Waals surface area contributed by atoms with Crippen LogP contribution in [0.4, 0.5) is 0 Å². The van der Waals surface area contributed by atoms with E-state index in [9.17, 15) is 4.79 Å². The molecule has 1 radical (unpaired) electrons. The third-order valence-electron chi connectivity index (χ3n) is 2.91. The van der Waals surface area contributed by atoms with Crippen LogP contribution in [0.5, 0.6) is 0 Å². The summed E-state index contributed by atoms with van der Waals surface area (Å²) >= 11 is 0. The Morgan fingerprint density at radius 1 is 1.06 bits per heavy atom. The molecule has 0 aliphatic carbocycles. The molecule has 1 N–H and O–H groups in total. The maximum absolute atomic E-state index is 10.5. The van der Waals surface area contributed by atoms with Crippen molar-refractivity contribution < 1.29 is 9.90 Å². The first-order chi connectivity index (χ1) is 8.66. The van der Waals surface area contributed by atoms with E-state index in [4.69, 9.17) is 5.11 Å². The lowest BCUT2D eigenvalue weighted by Crippen LogP contribution is -1.97. The molecule has 91 valence electrons. The Morgan fingerprint density at radius 3 is 2.33 bits per heavy atom. The molecule has 2 rings (SSSR count). The molecule has 0 spiro atoms. The molecule has 0 amide bonds. The van der Waals surface area contributed by atoms with Crippen LogP contribution in [0.1, 0.15) is 17.5 Å². The minimum atomic E-state index is -0.762. The molecule has 2 nitrogen and oxygen atoms in total. The summed E-state index contributed by atoms with van der Waals surface area (Å²) in [6.07, 6.45) is 0.743. The van der Waals surface area contributed by atoms with Crippen molar-refractivity contribution in [3.63, 3.8) is 0 Å². The highest BCUT2D eigenvalue weighted by atomic mass is 16.4. The van der Waals surface area contributed by atoms with Gasteiger partial charge in [0, 0.05) is 6.42 Å². The molecule has 18 heavy (non-hydrogen) atoms. The monoisotopic (exact) mass is 239 g/mol. The van der Waals surface area contributed by atoms with Gasteiger partial charge in [0.25, 0.3) is 0 Å². The summed E-state index contributed by atoms with van der Waals surface area (Å²) in [5.74, 6) is -0.762. The average Bonchev–Trinajstić information content (AvgIpc) is 2.38. The van der Waals surface area contributed by atoms with Gasteiger partial charge >= 0.3 is 5.97 Å². The number of aryl methyl sites for hydroxylation is 1. The van der Waals surface area contributed by atoms with Crippen molar-refractivity contribution in [3.05, 3.63) is 66.6 Å². The van der Waals surface area contributed by atoms with Crippen LogP contribution in [0.25, 0.3) is 11.1 Å². The highest BCUT2D eigenvalue weighted by Crippen LogP contribution is 2.23. The van der Waals surface area contributed by atoms with Gasteiger partial charge in [-0.05, 0) is 35.6 Å². The largest absolute Gasteiger partial charge is 0.481 e. The zero-order chi connectivity index (χ0) is 13.0. The number of hydrogen-bond donors (Lipinski definition) is 1. The fourth-order valence-corrected chi connectivity index (χ4v) is 1.90. The molecule has 0 aromatic heterocycles. The van der Waals surface area contributed by atoms with Crippen molar-refractivity contribution in [2.24, 2.45) is 0 Å². The van der Waals surface area contributed by atoms with Gasteiger partial charge in [0.15, 0.2) is 0 Å². The number of aliphatic carboxylic acids is 1. The normalized spacial score (nSPS) is 10.3. The first-order valence-electron chi connectivity index (χ1n) is 5.89. The molecule has 0 aliphatic heterocycles. The van der Waals surface area contributed by atoms with Gasteiger partial charge in [-0.15, -0.1) is 0 Å². The van der Waals surface area contributed by atoms with Gasteiger partial charge in [-0.2, -0.15) is 0 Å². The van der Waals surface area contributed by atoms with Gasteiger partial charge in [0.1, 0.15) is 0 Å². The third kappa shape index (κ3) is 2.98. The Labute approximate surface area is 107 Å². The van der Waals surface area contributed by atoms with E-state index in [1.807, 2.05) is 48.5 Å². The van der Waals surface area contributed by atoms with Crippen molar-refractivity contribution in [3.8, 4) is 11.1 Å². The maximum atomic E-state index is 10.5. The van der Waals surface area contributed by atoms with Crippen LogP contribution in [0, 0.1) is 6.92 Å². The van der Waals surface area contributed by atoms with Crippen LogP contribution in [-0.2, 0) is 11.2 Å². The number of rotatable bonds is 4. The molecule has 2 aromatic rings. The SMILES string of the molecule is [CH2]c1ccccc1-c1ccc(CCC(=O)O)cc1. The smallest absolute Gasteiger partial charge is 0.303 e. The summed E-state index contributed by atoms with van der Waals surface area (Å²) in [5.41, 5.74) is 4.26. The molecular formula is C16H15O2. The fraction of sp³-hybridized carbons (Fsp3) is 0.125. The summed E-state index contributed by atoms with van der Waals surface area (Å²) in [5, 5.41) is 8.64. The summed E-state index contributed by atoms with van der Waals surface area (Å²) in [4.78, 5) is 10.5. The molecule has 2 aromatic carbocycles. The standard InChI is InChI=1S/C16H15O2/c1-12-4-2-3-5-15(12)14-9-6-13(7-10-14)8-11-16(17)18/h2-7,9-10H,1,8,11H2,(H,17,18). The maximum Gasteiger partial charge on any atom is 0.303 e. The number of benzene rings is 2. The van der Waals surface area contributed by atoms with Gasteiger partial charge in [0.05, 0.1) is 0 Å². The van der Waals surface area contributed by atoms with Gasteiger partial charge in [-0.3, -0.25) is 4.79 Å². The third-order valence-corrected chi connectivity index (χ3v) is 2.91. The number of carboxylic acids is 1. The summed E-state index contributed by atoms with van der Waals surface area (Å²) < 4.78 is 0. The van der Waals surface area contributed by atoms with Crippen LogP contribution < -0.4 is 0 Å². The van der Waals surface area contributed by atoms with Crippen LogP contribution in [0.15, 0.2) is 48.5 Å². The second-order valence-corrected chi connectivity index (χ2v) is 4.25. The highest BCUT2D eigenvalue weighted by Gasteiger charge is 2.02. The van der Waals surface area contributed by atoms with E-state index in [-0.39, 0.29) is 6.42 Å². The van der Waals surface area contributed by atoms with E-state index in [2.05, 4.69) is 6.92 Å². The number of carbonyl (C=O) groups is 1. The van der Waals surface area contributed by atoms with Gasteiger partial charge in [-0.25, -0.2) is 0 Å². The predicted molar refractivity (Wildman–Crippen MR) is 72.3 cm³/mol. The van der Waals surface area contributed by atoms with Crippen molar-refractivity contribution in [1.29, 1.82) is 0 Å². The Bertz CT molecular complexity index is 541. The van der Waals surface area contributed by atoms with E-state index < -0.39 is 5.97 Å². The number of carboxylic acid groups (broad SMARTS) is 1. The molecule has 0 bridgehead atoms. The van der Waals surface area contributed by atoms with Crippen molar-refractivity contribution >= 4 is 5.97 Å². The Kier molecular flexibility index (Phi) is 3.78. The summed E-state index contributed by atoms with van der Waals surface area (Å²) in [6.45, 7) is 4.00. The van der Waals surface area contributed by atoms with Gasteiger partial charge in [-0.1, -0.05) is 48.5 Å². The molecular weight excluding hydrogens is 224 g/mol. The minimum absolute atomic E-state index is 0.172. The van der Waals surface area contributed by atoms with Crippen LogP contribution in [0.3, 0.4) is 0 Å². The lowest BCUT2D eigenvalue weighted by molar-refractivity contribution is -0.136. The van der Waals surface area contributed by atoms with E-state index in [1.165, 1.54) is 0 Å².